The summed E-state index contributed by atoms with van der Waals surface area (Å²) in [4.78, 5) is 30.8. The minimum atomic E-state index is 0.0232. The Kier molecular flexibility index (Phi) is 4.36. The topological polar surface area (TPSA) is 74.3 Å². The summed E-state index contributed by atoms with van der Waals surface area (Å²) in [6.45, 7) is 2.03. The fraction of sp³-hybridized carbons (Fsp3) is 0.632. The van der Waals surface area contributed by atoms with E-state index in [9.17, 15) is 9.59 Å². The molecular weight excluding hydrogens is 316 g/mol. The van der Waals surface area contributed by atoms with Gasteiger partial charge in [0.05, 0.1) is 0 Å². The van der Waals surface area contributed by atoms with Crippen molar-refractivity contribution in [2.45, 2.75) is 51.1 Å². The van der Waals surface area contributed by atoms with Crippen LogP contribution in [0.4, 0.5) is 4.79 Å². The van der Waals surface area contributed by atoms with Crippen molar-refractivity contribution in [2.75, 3.05) is 13.1 Å². The minimum Gasteiger partial charge on any atom is -0.352 e. The molecule has 2 heterocycles. The minimum absolute atomic E-state index is 0.0232. The normalized spacial score (nSPS) is 28.3. The Morgan fingerprint density at radius 2 is 2.00 bits per heavy atom. The summed E-state index contributed by atoms with van der Waals surface area (Å²) in [5, 5.41) is 6.19. The van der Waals surface area contributed by atoms with Crippen molar-refractivity contribution in [3.63, 3.8) is 0 Å². The van der Waals surface area contributed by atoms with Gasteiger partial charge in [-0.1, -0.05) is 12.8 Å². The third-order valence-corrected chi connectivity index (χ3v) is 6.08. The summed E-state index contributed by atoms with van der Waals surface area (Å²) in [6, 6.07) is 4.23. The van der Waals surface area contributed by atoms with Gasteiger partial charge >= 0.3 is 6.03 Å². The van der Waals surface area contributed by atoms with E-state index in [0.29, 0.717) is 12.6 Å². The molecule has 0 unspecified atom stereocenters. The van der Waals surface area contributed by atoms with Crippen LogP contribution in [0, 0.1) is 11.3 Å². The van der Waals surface area contributed by atoms with Crippen LogP contribution in [0.3, 0.4) is 0 Å². The molecule has 1 aliphatic heterocycles. The van der Waals surface area contributed by atoms with Crippen molar-refractivity contribution in [1.82, 2.24) is 20.5 Å². The largest absolute Gasteiger partial charge is 0.352 e. The van der Waals surface area contributed by atoms with E-state index < -0.39 is 0 Å². The van der Waals surface area contributed by atoms with Crippen LogP contribution in [0.5, 0.6) is 0 Å². The van der Waals surface area contributed by atoms with Crippen molar-refractivity contribution in [3.8, 4) is 0 Å². The highest BCUT2D eigenvalue weighted by molar-refractivity contribution is 5.83. The van der Waals surface area contributed by atoms with Crippen LogP contribution in [0.2, 0.25) is 0 Å². The van der Waals surface area contributed by atoms with Crippen LogP contribution >= 0.6 is 0 Å². The highest BCUT2D eigenvalue weighted by Gasteiger charge is 2.61. The molecule has 3 aliphatic rings. The molecule has 3 fully saturated rings. The number of hydrogen-bond donors (Lipinski definition) is 2. The number of likely N-dealkylation sites (tertiary alicyclic amines) is 1. The van der Waals surface area contributed by atoms with Gasteiger partial charge in [0.2, 0.25) is 5.91 Å². The first kappa shape index (κ1) is 16.4. The summed E-state index contributed by atoms with van der Waals surface area (Å²) in [5.41, 5.74) is 1.08. The Morgan fingerprint density at radius 3 is 2.76 bits per heavy atom. The molecule has 0 bridgehead atoms. The first-order chi connectivity index (χ1) is 12.2. The van der Waals surface area contributed by atoms with Gasteiger partial charge in [0.15, 0.2) is 0 Å². The van der Waals surface area contributed by atoms with E-state index >= 15 is 0 Å². The maximum atomic E-state index is 12.4. The predicted octanol–water partition coefficient (Wildman–Crippen LogP) is 2.06. The molecule has 6 nitrogen and oxygen atoms in total. The molecule has 2 saturated carbocycles. The summed E-state index contributed by atoms with van der Waals surface area (Å²) in [6.07, 6.45) is 9.95. The summed E-state index contributed by atoms with van der Waals surface area (Å²) < 4.78 is 0. The monoisotopic (exact) mass is 342 g/mol. The van der Waals surface area contributed by atoms with Crippen molar-refractivity contribution >= 4 is 11.9 Å². The second-order valence-electron chi connectivity index (χ2n) is 7.79. The fourth-order valence-electron chi connectivity index (χ4n) is 4.39. The van der Waals surface area contributed by atoms with Gasteiger partial charge in [-0.2, -0.15) is 0 Å². The van der Waals surface area contributed by atoms with Gasteiger partial charge in [0.25, 0.3) is 0 Å². The highest BCUT2D eigenvalue weighted by atomic mass is 16.2. The van der Waals surface area contributed by atoms with E-state index in [2.05, 4.69) is 15.6 Å². The van der Waals surface area contributed by atoms with Crippen LogP contribution < -0.4 is 10.6 Å². The lowest BCUT2D eigenvalue weighted by Crippen LogP contribution is -2.43. The third kappa shape index (κ3) is 3.48. The van der Waals surface area contributed by atoms with Crippen molar-refractivity contribution < 1.29 is 9.59 Å². The number of nitrogens with zero attached hydrogens (tertiary/aromatic N) is 2. The zero-order valence-electron chi connectivity index (χ0n) is 14.5. The molecular formula is C19H26N4O2. The van der Waals surface area contributed by atoms with Crippen LogP contribution in [0.25, 0.3) is 0 Å². The zero-order chi connectivity index (χ0) is 17.3. The van der Waals surface area contributed by atoms with E-state index in [4.69, 9.17) is 0 Å². The second-order valence-corrected chi connectivity index (χ2v) is 7.79. The van der Waals surface area contributed by atoms with Crippen molar-refractivity contribution in [3.05, 3.63) is 30.1 Å². The number of aromatic nitrogens is 1. The maximum absolute atomic E-state index is 12.4. The summed E-state index contributed by atoms with van der Waals surface area (Å²) in [7, 11) is 0. The van der Waals surface area contributed by atoms with E-state index in [1.807, 2.05) is 17.0 Å². The Bertz CT molecular complexity index is 644. The van der Waals surface area contributed by atoms with Gasteiger partial charge in [-0.15, -0.1) is 0 Å². The Balaban J connectivity index is 1.25. The van der Waals surface area contributed by atoms with Crippen LogP contribution in [0.15, 0.2) is 24.5 Å². The van der Waals surface area contributed by atoms with Gasteiger partial charge in [0, 0.05) is 49.4 Å². The number of carbonyl (C=O) groups excluding carboxylic acids is 2. The number of amides is 3. The molecule has 4 rings (SSSR count). The quantitative estimate of drug-likeness (QED) is 0.879. The molecule has 2 aliphatic carbocycles. The fourth-order valence-corrected chi connectivity index (χ4v) is 4.39. The second kappa shape index (κ2) is 6.65. The lowest BCUT2D eigenvalue weighted by molar-refractivity contribution is -0.123. The van der Waals surface area contributed by atoms with E-state index in [1.54, 1.807) is 12.4 Å². The molecule has 2 N–H and O–H groups in total. The number of rotatable bonds is 4. The smallest absolute Gasteiger partial charge is 0.317 e. The van der Waals surface area contributed by atoms with Crippen molar-refractivity contribution in [1.29, 1.82) is 0 Å². The zero-order valence-corrected chi connectivity index (χ0v) is 14.5. The van der Waals surface area contributed by atoms with Gasteiger partial charge in [0.1, 0.15) is 0 Å². The average Bonchev–Trinajstić information content (AvgIpc) is 2.96. The van der Waals surface area contributed by atoms with Gasteiger partial charge in [-0.25, -0.2) is 4.79 Å². The Hall–Kier alpha value is -2.11. The van der Waals surface area contributed by atoms with E-state index in [1.165, 1.54) is 12.8 Å². The summed E-state index contributed by atoms with van der Waals surface area (Å²) >= 11 is 0. The van der Waals surface area contributed by atoms with Gasteiger partial charge in [-0.05, 0) is 43.4 Å². The van der Waals surface area contributed by atoms with Gasteiger partial charge < -0.3 is 15.5 Å². The number of pyridine rings is 1. The number of carbonyl (C=O) groups is 2. The molecule has 0 aromatic carbocycles. The van der Waals surface area contributed by atoms with Crippen LogP contribution in [0.1, 0.15) is 44.1 Å². The highest BCUT2D eigenvalue weighted by Crippen LogP contribution is 2.58. The first-order valence-corrected chi connectivity index (χ1v) is 9.38. The van der Waals surface area contributed by atoms with Gasteiger partial charge in [-0.3, -0.25) is 9.78 Å². The first-order valence-electron chi connectivity index (χ1n) is 9.38. The molecule has 2 atom stereocenters. The molecule has 1 saturated heterocycles. The molecule has 25 heavy (non-hydrogen) atoms. The lowest BCUT2D eigenvalue weighted by atomic mass is 10.0. The van der Waals surface area contributed by atoms with E-state index in [-0.39, 0.29) is 23.3 Å². The number of nitrogens with one attached hydrogen (secondary N) is 2. The average molecular weight is 342 g/mol. The molecule has 1 aromatic rings. The molecule has 0 radical (unpaired) electrons. The Morgan fingerprint density at radius 1 is 1.24 bits per heavy atom. The predicted molar refractivity (Wildman–Crippen MR) is 93.6 cm³/mol. The molecule has 3 amide bonds. The maximum Gasteiger partial charge on any atom is 0.317 e. The van der Waals surface area contributed by atoms with Crippen LogP contribution in [-0.4, -0.2) is 41.0 Å². The van der Waals surface area contributed by atoms with Crippen molar-refractivity contribution in [2.24, 2.45) is 11.3 Å². The number of hydrogen-bond acceptors (Lipinski definition) is 3. The van der Waals surface area contributed by atoms with E-state index in [0.717, 1.165) is 44.3 Å². The standard InChI is InChI=1S/C19H26N4O2/c24-17(21-12-14-5-8-20-9-6-14)16-11-19(16)7-10-23(13-19)18(25)22-15-3-1-2-4-15/h5-6,8-9,15-16H,1-4,7,10-13H2,(H,21,24)(H,22,25)/t16-,19-/m0/s1. The molecule has 6 heteroatoms. The summed E-state index contributed by atoms with van der Waals surface area (Å²) in [5.74, 6) is 0.175. The molecule has 1 aromatic heterocycles. The molecule has 1 spiro atoms. The van der Waals surface area contributed by atoms with Crippen LogP contribution in [-0.2, 0) is 11.3 Å². The SMILES string of the molecule is O=C(NCc1ccncc1)[C@@H]1C[C@]12CCN(C(=O)NC1CCCC1)C2. The number of urea groups is 1. The third-order valence-electron chi connectivity index (χ3n) is 6.08. The molecule has 134 valence electrons. The lowest BCUT2D eigenvalue weighted by Gasteiger charge is -2.20. The Labute approximate surface area is 148 Å².